The third-order valence-electron chi connectivity index (χ3n) is 5.49. The van der Waals surface area contributed by atoms with Gasteiger partial charge in [-0.2, -0.15) is 0 Å². The van der Waals surface area contributed by atoms with E-state index in [1.807, 2.05) is 60.7 Å². The quantitative estimate of drug-likeness (QED) is 0.143. The number of thiophene rings is 1. The summed E-state index contributed by atoms with van der Waals surface area (Å²) in [7, 11) is 1.26. The molecule has 0 spiro atoms. The molecule has 188 valence electrons. The number of nitrogen functional groups attached to an aromatic ring is 1. The van der Waals surface area contributed by atoms with Gasteiger partial charge in [0.25, 0.3) is 5.91 Å². The Morgan fingerprint density at radius 1 is 0.892 bits per heavy atom. The van der Waals surface area contributed by atoms with E-state index in [0.29, 0.717) is 21.8 Å². The molecule has 9 heteroatoms. The highest BCUT2D eigenvalue weighted by atomic mass is 32.2. The molecule has 3 aromatic carbocycles. The van der Waals surface area contributed by atoms with Crippen LogP contribution < -0.4 is 16.4 Å². The van der Waals surface area contributed by atoms with Crippen LogP contribution in [0.5, 0.6) is 0 Å². The van der Waals surface area contributed by atoms with Crippen LogP contribution in [0.2, 0.25) is 0 Å². The van der Waals surface area contributed by atoms with Crippen LogP contribution in [-0.2, 0) is 9.53 Å². The Kier molecular flexibility index (Phi) is 8.27. The molecule has 0 aliphatic rings. The topological polar surface area (TPSA) is 111 Å². The standard InChI is InChI=1S/C28H25N3O4S2/c1-17-22(28(34)35-2)27(37-23(17)25(32)30-20-11-7-4-8-12-20)31-26(33)24(18-9-5-3-6-10-18)36-21-15-13-19(29)14-16-21/h3-16,24H,29H2,1-2H3,(H,30,32)(H,31,33). The van der Waals surface area contributed by atoms with Gasteiger partial charge in [0.15, 0.2) is 0 Å². The van der Waals surface area contributed by atoms with Crippen LogP contribution in [0.3, 0.4) is 0 Å². The van der Waals surface area contributed by atoms with Crippen molar-refractivity contribution >= 4 is 57.3 Å². The first-order chi connectivity index (χ1) is 17.9. The number of benzene rings is 3. The number of hydrogen-bond acceptors (Lipinski definition) is 7. The molecule has 0 fully saturated rings. The van der Waals surface area contributed by atoms with Crippen molar-refractivity contribution in [1.29, 1.82) is 0 Å². The maximum absolute atomic E-state index is 13.6. The van der Waals surface area contributed by atoms with E-state index in [1.54, 1.807) is 31.2 Å². The Balaban J connectivity index is 1.66. The number of nitrogens with one attached hydrogen (secondary N) is 2. The van der Waals surface area contributed by atoms with Gasteiger partial charge in [-0.3, -0.25) is 9.59 Å². The van der Waals surface area contributed by atoms with Crippen molar-refractivity contribution < 1.29 is 19.1 Å². The first-order valence-electron chi connectivity index (χ1n) is 11.3. The zero-order valence-electron chi connectivity index (χ0n) is 20.2. The molecular weight excluding hydrogens is 506 g/mol. The van der Waals surface area contributed by atoms with Crippen molar-refractivity contribution in [1.82, 2.24) is 0 Å². The highest BCUT2D eigenvalue weighted by Gasteiger charge is 2.29. The first-order valence-corrected chi connectivity index (χ1v) is 13.0. The summed E-state index contributed by atoms with van der Waals surface area (Å²) in [5.41, 5.74) is 8.44. The van der Waals surface area contributed by atoms with Crippen LogP contribution >= 0.6 is 23.1 Å². The minimum absolute atomic E-state index is 0.156. The Labute approximate surface area is 223 Å². The van der Waals surface area contributed by atoms with Gasteiger partial charge in [0.2, 0.25) is 5.91 Å². The highest BCUT2D eigenvalue weighted by Crippen LogP contribution is 2.39. The summed E-state index contributed by atoms with van der Waals surface area (Å²) in [6.07, 6.45) is 0. The van der Waals surface area contributed by atoms with Crippen molar-refractivity contribution in [2.75, 3.05) is 23.5 Å². The van der Waals surface area contributed by atoms with Gasteiger partial charge in [0, 0.05) is 16.3 Å². The van der Waals surface area contributed by atoms with E-state index in [0.717, 1.165) is 21.8 Å². The van der Waals surface area contributed by atoms with Gasteiger partial charge in [0.05, 0.1) is 17.6 Å². The summed E-state index contributed by atoms with van der Waals surface area (Å²) in [5.74, 6) is -1.35. The molecule has 0 saturated carbocycles. The van der Waals surface area contributed by atoms with E-state index in [4.69, 9.17) is 10.5 Å². The summed E-state index contributed by atoms with van der Waals surface area (Å²) in [4.78, 5) is 40.5. The first kappa shape index (κ1) is 26.0. The van der Waals surface area contributed by atoms with Crippen molar-refractivity contribution in [2.24, 2.45) is 0 Å². The molecule has 0 radical (unpaired) electrons. The molecule has 4 aromatic rings. The number of carbonyl (C=O) groups is 3. The SMILES string of the molecule is COC(=O)c1c(NC(=O)C(Sc2ccc(N)cc2)c2ccccc2)sc(C(=O)Nc2ccccc2)c1C. The largest absolute Gasteiger partial charge is 0.465 e. The number of esters is 1. The van der Waals surface area contributed by atoms with Crippen LogP contribution in [0.25, 0.3) is 0 Å². The number of amides is 2. The maximum Gasteiger partial charge on any atom is 0.341 e. The Morgan fingerprint density at radius 2 is 1.51 bits per heavy atom. The minimum Gasteiger partial charge on any atom is -0.465 e. The van der Waals surface area contributed by atoms with Crippen molar-refractivity contribution in [2.45, 2.75) is 17.1 Å². The van der Waals surface area contributed by atoms with Gasteiger partial charge in [0.1, 0.15) is 10.3 Å². The molecule has 4 N–H and O–H groups in total. The second-order valence-electron chi connectivity index (χ2n) is 8.04. The van der Waals surface area contributed by atoms with Crippen molar-refractivity contribution in [3.8, 4) is 0 Å². The smallest absolute Gasteiger partial charge is 0.341 e. The number of methoxy groups -OCH3 is 1. The predicted octanol–water partition coefficient (Wildman–Crippen LogP) is 6.15. The van der Waals surface area contributed by atoms with Crippen LogP contribution in [0, 0.1) is 6.92 Å². The summed E-state index contributed by atoms with van der Waals surface area (Å²) in [6.45, 7) is 1.66. The number of nitrogens with two attached hydrogens (primary N) is 1. The van der Waals surface area contributed by atoms with Gasteiger partial charge in [-0.25, -0.2) is 4.79 Å². The predicted molar refractivity (Wildman–Crippen MR) is 149 cm³/mol. The molecule has 1 aromatic heterocycles. The monoisotopic (exact) mass is 531 g/mol. The zero-order valence-corrected chi connectivity index (χ0v) is 21.8. The van der Waals surface area contributed by atoms with Gasteiger partial charge in [-0.1, -0.05) is 48.5 Å². The molecule has 4 rings (SSSR count). The normalized spacial score (nSPS) is 11.4. The van der Waals surface area contributed by atoms with E-state index in [1.165, 1.54) is 18.9 Å². The average Bonchev–Trinajstić information content (AvgIpc) is 3.24. The second-order valence-corrected chi connectivity index (χ2v) is 10.2. The number of ether oxygens (including phenoxy) is 1. The molecule has 0 saturated heterocycles. The molecule has 7 nitrogen and oxygen atoms in total. The van der Waals surface area contributed by atoms with Crippen LogP contribution in [0.1, 0.15) is 36.4 Å². The highest BCUT2D eigenvalue weighted by molar-refractivity contribution is 8.00. The van der Waals surface area contributed by atoms with Gasteiger partial charge in [-0.05, 0) is 54.4 Å². The van der Waals surface area contributed by atoms with Crippen molar-refractivity contribution in [3.05, 3.63) is 106 Å². The molecule has 1 atom stereocenters. The van der Waals surface area contributed by atoms with Crippen LogP contribution in [0.15, 0.2) is 89.8 Å². The van der Waals surface area contributed by atoms with E-state index in [2.05, 4.69) is 10.6 Å². The maximum atomic E-state index is 13.6. The summed E-state index contributed by atoms with van der Waals surface area (Å²) in [5, 5.41) is 5.35. The van der Waals surface area contributed by atoms with Crippen molar-refractivity contribution in [3.63, 3.8) is 0 Å². The number of hydrogen-bond donors (Lipinski definition) is 3. The lowest BCUT2D eigenvalue weighted by Gasteiger charge is -2.17. The summed E-state index contributed by atoms with van der Waals surface area (Å²) in [6, 6.07) is 25.6. The number of para-hydroxylation sites is 1. The Hall–Kier alpha value is -4.08. The summed E-state index contributed by atoms with van der Waals surface area (Å²) < 4.78 is 4.97. The van der Waals surface area contributed by atoms with Crippen LogP contribution in [0.4, 0.5) is 16.4 Å². The molecule has 1 heterocycles. The third-order valence-corrected chi connectivity index (χ3v) is 7.96. The molecule has 37 heavy (non-hydrogen) atoms. The lowest BCUT2D eigenvalue weighted by molar-refractivity contribution is -0.115. The Morgan fingerprint density at radius 3 is 2.14 bits per heavy atom. The van der Waals surface area contributed by atoms with E-state index < -0.39 is 11.2 Å². The Bertz CT molecular complexity index is 1400. The van der Waals surface area contributed by atoms with Gasteiger partial charge in [-0.15, -0.1) is 23.1 Å². The second kappa shape index (κ2) is 11.8. The average molecular weight is 532 g/mol. The molecule has 0 aliphatic carbocycles. The number of anilines is 3. The summed E-state index contributed by atoms with van der Waals surface area (Å²) >= 11 is 2.39. The minimum atomic E-state index is -0.634. The van der Waals surface area contributed by atoms with Gasteiger partial charge >= 0.3 is 5.97 Å². The molecule has 0 aliphatic heterocycles. The number of thioether (sulfide) groups is 1. The molecular formula is C28H25N3O4S2. The fourth-order valence-electron chi connectivity index (χ4n) is 3.64. The molecule has 1 unspecified atom stereocenters. The van der Waals surface area contributed by atoms with E-state index in [9.17, 15) is 14.4 Å². The number of rotatable bonds is 8. The van der Waals surface area contributed by atoms with E-state index in [-0.39, 0.29) is 22.4 Å². The van der Waals surface area contributed by atoms with Crippen LogP contribution in [-0.4, -0.2) is 24.9 Å². The molecule has 0 bridgehead atoms. The lowest BCUT2D eigenvalue weighted by atomic mass is 10.1. The fraction of sp³-hybridized carbons (Fsp3) is 0.107. The molecule has 2 amide bonds. The van der Waals surface area contributed by atoms with E-state index >= 15 is 0 Å². The fourth-order valence-corrected chi connectivity index (χ4v) is 5.75. The van der Waals surface area contributed by atoms with Gasteiger partial charge < -0.3 is 21.1 Å². The zero-order chi connectivity index (χ0) is 26.4. The number of carbonyl (C=O) groups excluding carboxylic acids is 3. The third kappa shape index (κ3) is 6.19. The lowest BCUT2D eigenvalue weighted by Crippen LogP contribution is -2.20.